The molecule has 1 saturated heterocycles. The fraction of sp³-hybridized carbons (Fsp3) is 0.571. The Bertz CT molecular complexity index is 464. The molecular formula is C14H16Cl3NO. The highest BCUT2D eigenvalue weighted by atomic mass is 35.6. The number of hydrogen-bond donors (Lipinski definition) is 0. The van der Waals surface area contributed by atoms with E-state index in [-0.39, 0.29) is 5.60 Å². The third kappa shape index (κ3) is 2.88. The molecule has 104 valence electrons. The Hall–Kier alpha value is 0.01000. The Morgan fingerprint density at radius 1 is 1.16 bits per heavy atom. The first-order valence-corrected chi connectivity index (χ1v) is 7.63. The van der Waals surface area contributed by atoms with Gasteiger partial charge in [-0.2, -0.15) is 0 Å². The van der Waals surface area contributed by atoms with Gasteiger partial charge in [-0.15, -0.1) is 0 Å². The lowest BCUT2D eigenvalue weighted by Crippen LogP contribution is -2.45. The van der Waals surface area contributed by atoms with E-state index < -0.39 is 3.79 Å². The molecule has 0 N–H and O–H groups in total. The predicted octanol–water partition coefficient (Wildman–Crippen LogP) is 3.88. The number of ether oxygens (including phenoxy) is 1. The molecule has 0 radical (unpaired) electrons. The van der Waals surface area contributed by atoms with Gasteiger partial charge < -0.3 is 4.74 Å². The van der Waals surface area contributed by atoms with Crippen LogP contribution in [0.4, 0.5) is 0 Å². The Balaban J connectivity index is 1.71. The number of piperidine rings is 1. The summed E-state index contributed by atoms with van der Waals surface area (Å²) in [6, 6.07) is 8.49. The average Bonchev–Trinajstić information content (AvgIpc) is 2.71. The molecule has 2 heterocycles. The molecular weight excluding hydrogens is 305 g/mol. The van der Waals surface area contributed by atoms with Crippen molar-refractivity contribution in [2.75, 3.05) is 19.6 Å². The second-order valence-corrected chi connectivity index (χ2v) is 7.85. The highest BCUT2D eigenvalue weighted by molar-refractivity contribution is 6.67. The van der Waals surface area contributed by atoms with E-state index in [1.54, 1.807) is 0 Å². The first kappa shape index (κ1) is 14.0. The minimum atomic E-state index is -1.20. The van der Waals surface area contributed by atoms with Crippen molar-refractivity contribution in [2.45, 2.75) is 28.8 Å². The van der Waals surface area contributed by atoms with Gasteiger partial charge in [-0.05, 0) is 24.0 Å². The molecule has 0 amide bonds. The third-order valence-corrected chi connectivity index (χ3v) is 4.44. The molecule has 2 nitrogen and oxygen atoms in total. The van der Waals surface area contributed by atoms with Crippen LogP contribution in [0.1, 0.15) is 24.0 Å². The van der Waals surface area contributed by atoms with Gasteiger partial charge in [0.05, 0.1) is 12.2 Å². The fourth-order valence-electron chi connectivity index (χ4n) is 3.12. The molecule has 5 heteroatoms. The number of nitrogens with zero attached hydrogens (tertiary/aromatic N) is 1. The molecule has 19 heavy (non-hydrogen) atoms. The van der Waals surface area contributed by atoms with E-state index >= 15 is 0 Å². The topological polar surface area (TPSA) is 12.5 Å². The molecule has 1 fully saturated rings. The zero-order valence-corrected chi connectivity index (χ0v) is 12.8. The maximum absolute atomic E-state index is 6.10. The number of rotatable bonds is 1. The summed E-state index contributed by atoms with van der Waals surface area (Å²) in [4.78, 5) is 2.20. The number of alkyl halides is 3. The Morgan fingerprint density at radius 2 is 1.84 bits per heavy atom. The molecule has 0 aliphatic carbocycles. The van der Waals surface area contributed by atoms with E-state index in [9.17, 15) is 0 Å². The van der Waals surface area contributed by atoms with Crippen LogP contribution >= 0.6 is 34.8 Å². The van der Waals surface area contributed by atoms with Gasteiger partial charge in [0.2, 0.25) is 3.79 Å². The van der Waals surface area contributed by atoms with E-state index in [1.807, 2.05) is 0 Å². The van der Waals surface area contributed by atoms with Crippen LogP contribution in [0.3, 0.4) is 0 Å². The maximum Gasteiger partial charge on any atom is 0.203 e. The van der Waals surface area contributed by atoms with Crippen molar-refractivity contribution in [1.29, 1.82) is 0 Å². The lowest BCUT2D eigenvalue weighted by molar-refractivity contribution is -0.0785. The van der Waals surface area contributed by atoms with E-state index in [2.05, 4.69) is 29.2 Å². The summed E-state index contributed by atoms with van der Waals surface area (Å²) < 4.78 is 4.91. The molecule has 3 rings (SSSR count). The maximum atomic E-state index is 6.10. The molecule has 1 aromatic rings. The van der Waals surface area contributed by atoms with Crippen LogP contribution in [0, 0.1) is 0 Å². The summed E-state index contributed by atoms with van der Waals surface area (Å²) in [5.74, 6) is 0. The quantitative estimate of drug-likeness (QED) is 0.728. The number of likely N-dealkylation sites (tertiary alicyclic amines) is 1. The van der Waals surface area contributed by atoms with Crippen molar-refractivity contribution < 1.29 is 4.74 Å². The minimum Gasteiger partial charge on any atom is -0.365 e. The molecule has 0 unspecified atom stereocenters. The lowest BCUT2D eigenvalue weighted by Gasteiger charge is -2.40. The van der Waals surface area contributed by atoms with Crippen LogP contribution in [-0.2, 0) is 16.9 Å². The summed E-state index contributed by atoms with van der Waals surface area (Å²) in [6.07, 6.45) is 1.93. The monoisotopic (exact) mass is 319 g/mol. The van der Waals surface area contributed by atoms with E-state index in [1.165, 1.54) is 11.1 Å². The molecule has 0 bridgehead atoms. The molecule has 1 spiro atoms. The van der Waals surface area contributed by atoms with Crippen LogP contribution < -0.4 is 0 Å². The van der Waals surface area contributed by atoms with Gasteiger partial charge in [0, 0.05) is 19.6 Å². The Morgan fingerprint density at radius 3 is 2.53 bits per heavy atom. The van der Waals surface area contributed by atoms with Crippen LogP contribution in [0.25, 0.3) is 0 Å². The molecule has 1 aromatic carbocycles. The van der Waals surface area contributed by atoms with Gasteiger partial charge in [0.25, 0.3) is 0 Å². The Labute approximate surface area is 128 Å². The predicted molar refractivity (Wildman–Crippen MR) is 78.9 cm³/mol. The largest absolute Gasteiger partial charge is 0.365 e. The average molecular weight is 321 g/mol. The van der Waals surface area contributed by atoms with Crippen LogP contribution in [0.2, 0.25) is 0 Å². The first-order valence-electron chi connectivity index (χ1n) is 6.50. The van der Waals surface area contributed by atoms with Crippen molar-refractivity contribution in [1.82, 2.24) is 4.90 Å². The highest BCUT2D eigenvalue weighted by Crippen LogP contribution is 2.44. The number of hydrogen-bond acceptors (Lipinski definition) is 2. The molecule has 2 aliphatic rings. The lowest BCUT2D eigenvalue weighted by atomic mass is 9.84. The molecule has 2 aliphatic heterocycles. The minimum absolute atomic E-state index is 0.110. The fourth-order valence-corrected chi connectivity index (χ4v) is 3.63. The van der Waals surface area contributed by atoms with E-state index in [4.69, 9.17) is 39.5 Å². The van der Waals surface area contributed by atoms with Crippen molar-refractivity contribution in [3.8, 4) is 0 Å². The van der Waals surface area contributed by atoms with Gasteiger partial charge in [0.15, 0.2) is 0 Å². The molecule has 0 atom stereocenters. The summed E-state index contributed by atoms with van der Waals surface area (Å²) in [5.41, 5.74) is 2.56. The van der Waals surface area contributed by atoms with Gasteiger partial charge in [-0.25, -0.2) is 0 Å². The zero-order valence-electron chi connectivity index (χ0n) is 10.5. The van der Waals surface area contributed by atoms with E-state index in [0.717, 1.165) is 32.5 Å². The molecule has 0 aromatic heterocycles. The summed E-state index contributed by atoms with van der Waals surface area (Å²) >= 11 is 17.6. The normalized spacial score (nSPS) is 22.7. The van der Waals surface area contributed by atoms with E-state index in [0.29, 0.717) is 6.54 Å². The zero-order chi connectivity index (χ0) is 13.5. The van der Waals surface area contributed by atoms with Gasteiger partial charge in [-0.3, -0.25) is 4.90 Å². The van der Waals surface area contributed by atoms with Gasteiger partial charge in [0.1, 0.15) is 0 Å². The second-order valence-electron chi connectivity index (χ2n) is 5.33. The summed E-state index contributed by atoms with van der Waals surface area (Å²) in [6.45, 7) is 3.01. The van der Waals surface area contributed by atoms with Crippen LogP contribution in [-0.4, -0.2) is 28.3 Å². The van der Waals surface area contributed by atoms with Gasteiger partial charge in [-0.1, -0.05) is 59.1 Å². The third-order valence-electron chi connectivity index (χ3n) is 4.08. The van der Waals surface area contributed by atoms with Gasteiger partial charge >= 0.3 is 0 Å². The van der Waals surface area contributed by atoms with Crippen molar-refractivity contribution in [3.05, 3.63) is 35.4 Å². The standard InChI is InChI=1S/C14H16Cl3NO/c15-14(16,17)10-18-7-5-13(6-8-18)12-4-2-1-3-11(12)9-19-13/h1-4H,5-10H2. The highest BCUT2D eigenvalue weighted by Gasteiger charge is 2.43. The molecule has 0 saturated carbocycles. The summed E-state index contributed by atoms with van der Waals surface area (Å²) in [7, 11) is 0. The van der Waals surface area contributed by atoms with Crippen LogP contribution in [0.5, 0.6) is 0 Å². The smallest absolute Gasteiger partial charge is 0.203 e. The van der Waals surface area contributed by atoms with Crippen molar-refractivity contribution >= 4 is 34.8 Å². The SMILES string of the molecule is ClC(Cl)(Cl)CN1CCC2(CC1)OCc1ccccc12. The van der Waals surface area contributed by atoms with Crippen molar-refractivity contribution in [3.63, 3.8) is 0 Å². The number of benzene rings is 1. The van der Waals surface area contributed by atoms with Crippen molar-refractivity contribution in [2.24, 2.45) is 0 Å². The second kappa shape index (κ2) is 5.09. The Kier molecular flexibility index (Phi) is 3.74. The number of fused-ring (bicyclic) bond motifs is 2. The summed E-state index contributed by atoms with van der Waals surface area (Å²) in [5, 5.41) is 0. The van der Waals surface area contributed by atoms with Crippen LogP contribution in [0.15, 0.2) is 24.3 Å². The first-order chi connectivity index (χ1) is 8.99. The number of halogens is 3.